The normalized spacial score (nSPS) is 29.4. The Balaban J connectivity index is 1.67. The molecule has 3 aliphatic carbocycles. The predicted octanol–water partition coefficient (Wildman–Crippen LogP) is 1.68. The molecule has 1 heterocycles. The molecule has 0 bridgehead atoms. The third-order valence-corrected chi connectivity index (χ3v) is 7.08. The smallest absolute Gasteiger partial charge is 0.250 e. The number of primary amides is 1. The molecule has 9 nitrogen and oxygen atoms in total. The number of benzene rings is 1. The standard InChI is InChI=1S/C23H23N3O6/c1-23(32)18-11(9-15(28)19(23)22(24)31)7-10-8-12-13(26-6-2-5-25-26)3-4-14(27)17(12)20(29)16(10)21(18)30/h2-6,10-11,18,27-29,32H,7-9H2,1H3,(H2,24,31). The minimum absolute atomic E-state index is 0.0360. The van der Waals surface area contributed by atoms with Gasteiger partial charge in [0, 0.05) is 24.4 Å². The number of nitrogens with zero attached hydrogens (tertiary/aromatic N) is 2. The van der Waals surface area contributed by atoms with Gasteiger partial charge in [-0.25, -0.2) is 4.68 Å². The van der Waals surface area contributed by atoms with Gasteiger partial charge < -0.3 is 26.2 Å². The number of phenols is 1. The molecule has 9 heteroatoms. The molecule has 4 unspecified atom stereocenters. The van der Waals surface area contributed by atoms with Gasteiger partial charge in [0.1, 0.15) is 22.9 Å². The molecule has 0 radical (unpaired) electrons. The first-order chi connectivity index (χ1) is 15.1. The summed E-state index contributed by atoms with van der Waals surface area (Å²) in [5, 5.41) is 47.5. The van der Waals surface area contributed by atoms with Crippen LogP contribution in [-0.4, -0.2) is 47.5 Å². The highest BCUT2D eigenvalue weighted by atomic mass is 16.3. The van der Waals surface area contributed by atoms with Crippen molar-refractivity contribution < 1.29 is 30.0 Å². The Morgan fingerprint density at radius 3 is 2.66 bits per heavy atom. The number of rotatable bonds is 2. The molecule has 166 valence electrons. The highest BCUT2D eigenvalue weighted by molar-refractivity contribution is 6.08. The molecule has 2 aromatic rings. The number of nitrogens with two attached hydrogens (primary N) is 1. The van der Waals surface area contributed by atoms with Crippen LogP contribution in [0.4, 0.5) is 0 Å². The Labute approximate surface area is 183 Å². The van der Waals surface area contributed by atoms with Gasteiger partial charge in [-0.1, -0.05) is 0 Å². The maximum absolute atomic E-state index is 13.6. The van der Waals surface area contributed by atoms with Crippen LogP contribution in [0.5, 0.6) is 5.75 Å². The lowest BCUT2D eigenvalue weighted by Crippen LogP contribution is -2.55. The lowest BCUT2D eigenvalue weighted by molar-refractivity contribution is -0.136. The lowest BCUT2D eigenvalue weighted by atomic mass is 9.57. The summed E-state index contributed by atoms with van der Waals surface area (Å²) in [4.78, 5) is 25.5. The van der Waals surface area contributed by atoms with Gasteiger partial charge in [0.05, 0.1) is 22.7 Å². The molecule has 4 atom stereocenters. The molecular weight excluding hydrogens is 414 g/mol. The van der Waals surface area contributed by atoms with Crippen molar-refractivity contribution in [1.29, 1.82) is 0 Å². The fourth-order valence-electron chi connectivity index (χ4n) is 5.91. The second-order valence-corrected chi connectivity index (χ2v) is 8.95. The highest BCUT2D eigenvalue weighted by Crippen LogP contribution is 2.53. The van der Waals surface area contributed by atoms with Crippen LogP contribution in [0.3, 0.4) is 0 Å². The van der Waals surface area contributed by atoms with E-state index >= 15 is 0 Å². The highest BCUT2D eigenvalue weighted by Gasteiger charge is 2.56. The van der Waals surface area contributed by atoms with E-state index < -0.39 is 29.1 Å². The van der Waals surface area contributed by atoms with Crippen LogP contribution in [-0.2, 0) is 16.0 Å². The molecule has 1 fully saturated rings. The number of fused-ring (bicyclic) bond motifs is 3. The van der Waals surface area contributed by atoms with Gasteiger partial charge in [0.2, 0.25) is 0 Å². The van der Waals surface area contributed by atoms with Crippen LogP contribution >= 0.6 is 0 Å². The molecular formula is C23H23N3O6. The van der Waals surface area contributed by atoms with Crippen LogP contribution in [0.25, 0.3) is 11.4 Å². The molecule has 0 saturated heterocycles. The number of allylic oxidation sites excluding steroid dienone is 2. The number of ketones is 1. The molecule has 1 amide bonds. The second-order valence-electron chi connectivity index (χ2n) is 8.95. The Kier molecular flexibility index (Phi) is 4.26. The Hall–Kier alpha value is -3.59. The predicted molar refractivity (Wildman–Crippen MR) is 113 cm³/mol. The minimum Gasteiger partial charge on any atom is -0.512 e. The second kappa shape index (κ2) is 6.70. The van der Waals surface area contributed by atoms with E-state index in [1.165, 1.54) is 13.0 Å². The molecule has 0 aliphatic heterocycles. The lowest BCUT2D eigenvalue weighted by Gasteiger charge is -2.48. The van der Waals surface area contributed by atoms with E-state index in [0.717, 1.165) is 0 Å². The minimum atomic E-state index is -1.98. The van der Waals surface area contributed by atoms with E-state index in [9.17, 15) is 30.0 Å². The number of Topliss-reactive ketones (excluding diaryl/α,β-unsaturated/α-hetero) is 1. The fourth-order valence-corrected chi connectivity index (χ4v) is 5.91. The first-order valence-corrected chi connectivity index (χ1v) is 10.4. The average Bonchev–Trinajstić information content (AvgIpc) is 3.20. The van der Waals surface area contributed by atoms with Crippen LogP contribution < -0.4 is 5.73 Å². The number of aliphatic hydroxyl groups is 3. The summed E-state index contributed by atoms with van der Waals surface area (Å²) in [6.45, 7) is 1.29. The van der Waals surface area contributed by atoms with Gasteiger partial charge in [0.15, 0.2) is 5.78 Å². The molecule has 32 heavy (non-hydrogen) atoms. The van der Waals surface area contributed by atoms with Crippen LogP contribution in [0.2, 0.25) is 0 Å². The topological polar surface area (TPSA) is 159 Å². The zero-order valence-electron chi connectivity index (χ0n) is 17.3. The monoisotopic (exact) mass is 437 g/mol. The van der Waals surface area contributed by atoms with E-state index in [1.54, 1.807) is 29.2 Å². The number of phenolic OH excluding ortho intramolecular Hbond substituents is 1. The van der Waals surface area contributed by atoms with Gasteiger partial charge in [-0.3, -0.25) is 9.59 Å². The van der Waals surface area contributed by atoms with Gasteiger partial charge >= 0.3 is 0 Å². The Morgan fingerprint density at radius 1 is 1.25 bits per heavy atom. The summed E-state index contributed by atoms with van der Waals surface area (Å²) >= 11 is 0. The van der Waals surface area contributed by atoms with Crippen molar-refractivity contribution in [1.82, 2.24) is 9.78 Å². The van der Waals surface area contributed by atoms with Crippen LogP contribution in [0.15, 0.2) is 47.5 Å². The van der Waals surface area contributed by atoms with E-state index in [0.29, 0.717) is 24.1 Å². The maximum Gasteiger partial charge on any atom is 0.250 e. The molecule has 5 rings (SSSR count). The summed E-state index contributed by atoms with van der Waals surface area (Å²) in [5.74, 6) is -4.17. The van der Waals surface area contributed by atoms with Gasteiger partial charge in [-0.15, -0.1) is 0 Å². The van der Waals surface area contributed by atoms with E-state index in [2.05, 4.69) is 5.10 Å². The van der Waals surface area contributed by atoms with Crippen molar-refractivity contribution in [3.05, 3.63) is 58.6 Å². The Bertz CT molecular complexity index is 1220. The van der Waals surface area contributed by atoms with Crippen molar-refractivity contribution in [3.8, 4) is 11.4 Å². The zero-order valence-corrected chi connectivity index (χ0v) is 17.3. The Morgan fingerprint density at radius 2 is 2.00 bits per heavy atom. The first kappa shape index (κ1) is 20.3. The summed E-state index contributed by atoms with van der Waals surface area (Å²) in [7, 11) is 0. The maximum atomic E-state index is 13.6. The summed E-state index contributed by atoms with van der Waals surface area (Å²) in [6.07, 6.45) is 4.16. The molecule has 6 N–H and O–H groups in total. The number of hydrogen-bond donors (Lipinski definition) is 5. The number of hydrogen-bond acceptors (Lipinski definition) is 7. The molecule has 3 aliphatic rings. The van der Waals surface area contributed by atoms with Crippen LogP contribution in [0.1, 0.15) is 30.9 Å². The average molecular weight is 437 g/mol. The number of carbonyl (C=O) groups excluding carboxylic acids is 2. The zero-order chi connectivity index (χ0) is 22.9. The summed E-state index contributed by atoms with van der Waals surface area (Å²) in [6, 6.07) is 4.89. The SMILES string of the molecule is CC1(O)C(C(N)=O)=C(O)CC2CC3Cc4c(-n5cccn5)ccc(O)c4C(O)=C3C(=O)C21. The third-order valence-electron chi connectivity index (χ3n) is 7.08. The van der Waals surface area contributed by atoms with Crippen molar-refractivity contribution in [2.75, 3.05) is 0 Å². The van der Waals surface area contributed by atoms with Crippen molar-refractivity contribution in [3.63, 3.8) is 0 Å². The quantitative estimate of drug-likeness (QED) is 0.478. The van der Waals surface area contributed by atoms with Gasteiger partial charge in [-0.05, 0) is 55.4 Å². The number of aromatic nitrogens is 2. The molecule has 1 aromatic heterocycles. The van der Waals surface area contributed by atoms with E-state index in [1.807, 2.05) is 0 Å². The molecule has 0 spiro atoms. The van der Waals surface area contributed by atoms with E-state index in [-0.39, 0.29) is 46.3 Å². The number of aromatic hydroxyl groups is 1. The van der Waals surface area contributed by atoms with Crippen molar-refractivity contribution >= 4 is 17.4 Å². The van der Waals surface area contributed by atoms with Gasteiger partial charge in [0.25, 0.3) is 5.91 Å². The fraction of sp³-hybridized carbons (Fsp3) is 0.348. The molecule has 1 saturated carbocycles. The van der Waals surface area contributed by atoms with Crippen molar-refractivity contribution in [2.24, 2.45) is 23.5 Å². The number of aliphatic hydroxyl groups excluding tert-OH is 2. The molecule has 1 aromatic carbocycles. The number of amides is 1. The van der Waals surface area contributed by atoms with Crippen molar-refractivity contribution in [2.45, 2.75) is 31.8 Å². The van der Waals surface area contributed by atoms with E-state index in [4.69, 9.17) is 5.73 Å². The summed E-state index contributed by atoms with van der Waals surface area (Å²) in [5.41, 5.74) is 4.65. The first-order valence-electron chi connectivity index (χ1n) is 10.4. The van der Waals surface area contributed by atoms with Crippen LogP contribution in [0, 0.1) is 17.8 Å². The third kappa shape index (κ3) is 2.64. The largest absolute Gasteiger partial charge is 0.512 e. The summed E-state index contributed by atoms with van der Waals surface area (Å²) < 4.78 is 1.63. The number of carbonyl (C=O) groups is 2. The van der Waals surface area contributed by atoms with Gasteiger partial charge in [-0.2, -0.15) is 5.10 Å².